The van der Waals surface area contributed by atoms with E-state index in [2.05, 4.69) is 28.0 Å². The summed E-state index contributed by atoms with van der Waals surface area (Å²) in [7, 11) is 0. The zero-order chi connectivity index (χ0) is 16.4. The molecular weight excluding hydrogens is 294 g/mol. The highest BCUT2D eigenvalue weighted by atomic mass is 16.2. The monoisotopic (exact) mass is 319 g/mol. The SMILES string of the molecule is CCCC1CC(=O)NC(n2nc(C)cc2NC(=O)C2CCC2)N1. The Morgan fingerprint density at radius 2 is 2.26 bits per heavy atom. The van der Waals surface area contributed by atoms with E-state index in [1.165, 1.54) is 0 Å². The van der Waals surface area contributed by atoms with Crippen LogP contribution in [-0.2, 0) is 9.59 Å². The van der Waals surface area contributed by atoms with E-state index in [4.69, 9.17) is 0 Å². The van der Waals surface area contributed by atoms with Gasteiger partial charge in [0.1, 0.15) is 5.82 Å². The maximum Gasteiger partial charge on any atom is 0.228 e. The third-order valence-corrected chi connectivity index (χ3v) is 4.59. The molecule has 0 spiro atoms. The van der Waals surface area contributed by atoms with Gasteiger partial charge in [0.15, 0.2) is 6.29 Å². The van der Waals surface area contributed by atoms with Crippen LogP contribution in [0.15, 0.2) is 6.07 Å². The Morgan fingerprint density at radius 3 is 2.91 bits per heavy atom. The second kappa shape index (κ2) is 6.70. The quantitative estimate of drug-likeness (QED) is 0.770. The molecular formula is C16H25N5O2. The van der Waals surface area contributed by atoms with Crippen LogP contribution >= 0.6 is 0 Å². The fourth-order valence-electron chi connectivity index (χ4n) is 3.13. The number of hydrogen-bond donors (Lipinski definition) is 3. The Labute approximate surface area is 136 Å². The summed E-state index contributed by atoms with van der Waals surface area (Å²) in [6.45, 7) is 3.98. The largest absolute Gasteiger partial charge is 0.322 e. The van der Waals surface area contributed by atoms with Crippen LogP contribution in [0.1, 0.15) is 57.4 Å². The second-order valence-electron chi connectivity index (χ2n) is 6.56. The Bertz CT molecular complexity index is 593. The number of rotatable bonds is 5. The molecule has 23 heavy (non-hydrogen) atoms. The Hall–Kier alpha value is -1.89. The van der Waals surface area contributed by atoms with Crippen LogP contribution < -0.4 is 16.0 Å². The number of amides is 2. The molecule has 3 N–H and O–H groups in total. The molecule has 1 saturated heterocycles. The van der Waals surface area contributed by atoms with Crippen LogP contribution in [0.5, 0.6) is 0 Å². The van der Waals surface area contributed by atoms with Crippen molar-refractivity contribution in [3.8, 4) is 0 Å². The lowest BCUT2D eigenvalue weighted by molar-refractivity contribution is -0.125. The van der Waals surface area contributed by atoms with E-state index in [1.54, 1.807) is 4.68 Å². The molecule has 7 nitrogen and oxygen atoms in total. The molecule has 2 amide bonds. The zero-order valence-electron chi connectivity index (χ0n) is 13.8. The summed E-state index contributed by atoms with van der Waals surface area (Å²) < 4.78 is 1.67. The lowest BCUT2D eigenvalue weighted by atomic mass is 9.85. The molecule has 1 aliphatic heterocycles. The topological polar surface area (TPSA) is 88.1 Å². The molecule has 7 heteroatoms. The van der Waals surface area contributed by atoms with Crippen molar-refractivity contribution in [3.05, 3.63) is 11.8 Å². The molecule has 2 aliphatic rings. The minimum Gasteiger partial charge on any atom is -0.322 e. The van der Waals surface area contributed by atoms with Crippen LogP contribution in [0.25, 0.3) is 0 Å². The smallest absolute Gasteiger partial charge is 0.228 e. The molecule has 1 aromatic rings. The molecule has 2 heterocycles. The summed E-state index contributed by atoms with van der Waals surface area (Å²) in [5.74, 6) is 0.802. The molecule has 1 saturated carbocycles. The molecule has 126 valence electrons. The number of hydrogen-bond acceptors (Lipinski definition) is 4. The molecule has 0 aromatic carbocycles. The number of carbonyl (C=O) groups excluding carboxylic acids is 2. The summed E-state index contributed by atoms with van der Waals surface area (Å²) in [5, 5.41) is 13.7. The number of aryl methyl sites for hydroxylation is 1. The first kappa shape index (κ1) is 16.0. The minimum absolute atomic E-state index is 0.0108. The van der Waals surface area contributed by atoms with Crippen molar-refractivity contribution in [3.63, 3.8) is 0 Å². The summed E-state index contributed by atoms with van der Waals surface area (Å²) in [4.78, 5) is 24.2. The van der Waals surface area contributed by atoms with E-state index in [0.29, 0.717) is 12.2 Å². The first-order chi connectivity index (χ1) is 11.1. The van der Waals surface area contributed by atoms with Crippen molar-refractivity contribution in [1.82, 2.24) is 20.4 Å². The number of nitrogens with one attached hydrogen (secondary N) is 3. The van der Waals surface area contributed by atoms with Gasteiger partial charge in [-0.1, -0.05) is 19.8 Å². The van der Waals surface area contributed by atoms with Gasteiger partial charge in [-0.3, -0.25) is 14.9 Å². The van der Waals surface area contributed by atoms with Gasteiger partial charge >= 0.3 is 0 Å². The fraction of sp³-hybridized carbons (Fsp3) is 0.688. The van der Waals surface area contributed by atoms with Gasteiger partial charge in [0.2, 0.25) is 11.8 Å². The van der Waals surface area contributed by atoms with E-state index in [-0.39, 0.29) is 23.8 Å². The van der Waals surface area contributed by atoms with Gasteiger partial charge in [-0.25, -0.2) is 4.68 Å². The molecule has 0 bridgehead atoms. The number of anilines is 1. The highest BCUT2D eigenvalue weighted by Crippen LogP contribution is 2.28. The van der Waals surface area contributed by atoms with Gasteiger partial charge < -0.3 is 10.6 Å². The third kappa shape index (κ3) is 3.55. The lowest BCUT2D eigenvalue weighted by Crippen LogP contribution is -2.53. The standard InChI is InChI=1S/C16H25N5O2/c1-3-5-12-9-14(22)19-16(17-12)21-13(8-10(2)20-21)18-15(23)11-6-4-7-11/h8,11-12,16-17H,3-7,9H2,1-2H3,(H,18,23)(H,19,22). The maximum atomic E-state index is 12.2. The molecule has 1 aliphatic carbocycles. The summed E-state index contributed by atoms with van der Waals surface area (Å²) in [6.07, 6.45) is 5.04. The normalized spacial score (nSPS) is 24.9. The predicted molar refractivity (Wildman–Crippen MR) is 86.6 cm³/mol. The van der Waals surface area contributed by atoms with Gasteiger partial charge in [-0.05, 0) is 26.2 Å². The van der Waals surface area contributed by atoms with Crippen molar-refractivity contribution in [2.24, 2.45) is 5.92 Å². The number of nitrogens with zero attached hydrogens (tertiary/aromatic N) is 2. The van der Waals surface area contributed by atoms with Crippen LogP contribution in [0, 0.1) is 12.8 Å². The first-order valence-electron chi connectivity index (χ1n) is 8.49. The Kier molecular flexibility index (Phi) is 4.66. The van der Waals surface area contributed by atoms with Crippen molar-refractivity contribution in [2.75, 3.05) is 5.32 Å². The van der Waals surface area contributed by atoms with Gasteiger partial charge in [-0.15, -0.1) is 0 Å². The second-order valence-corrected chi connectivity index (χ2v) is 6.56. The average Bonchev–Trinajstić information content (AvgIpc) is 2.77. The highest BCUT2D eigenvalue weighted by molar-refractivity contribution is 5.92. The van der Waals surface area contributed by atoms with Crippen molar-refractivity contribution < 1.29 is 9.59 Å². The van der Waals surface area contributed by atoms with Crippen molar-refractivity contribution in [1.29, 1.82) is 0 Å². The molecule has 1 aromatic heterocycles. The number of carbonyl (C=O) groups is 2. The lowest BCUT2D eigenvalue weighted by Gasteiger charge is -2.32. The van der Waals surface area contributed by atoms with Crippen LogP contribution in [0.4, 0.5) is 5.82 Å². The van der Waals surface area contributed by atoms with Crippen molar-refractivity contribution in [2.45, 2.75) is 64.7 Å². The Balaban J connectivity index is 1.75. The highest BCUT2D eigenvalue weighted by Gasteiger charge is 2.30. The molecule has 2 atom stereocenters. The third-order valence-electron chi connectivity index (χ3n) is 4.59. The van der Waals surface area contributed by atoms with Gasteiger partial charge in [-0.2, -0.15) is 5.10 Å². The molecule has 0 radical (unpaired) electrons. The summed E-state index contributed by atoms with van der Waals surface area (Å²) in [6, 6.07) is 1.98. The molecule has 2 unspecified atom stereocenters. The average molecular weight is 319 g/mol. The van der Waals surface area contributed by atoms with Gasteiger partial charge in [0.05, 0.1) is 5.69 Å². The maximum absolute atomic E-state index is 12.2. The van der Waals surface area contributed by atoms with E-state index in [9.17, 15) is 9.59 Å². The zero-order valence-corrected chi connectivity index (χ0v) is 13.8. The van der Waals surface area contributed by atoms with Gasteiger partial charge in [0.25, 0.3) is 0 Å². The van der Waals surface area contributed by atoms with E-state index < -0.39 is 6.29 Å². The van der Waals surface area contributed by atoms with Gasteiger partial charge in [0, 0.05) is 24.4 Å². The Morgan fingerprint density at radius 1 is 1.48 bits per heavy atom. The van der Waals surface area contributed by atoms with E-state index in [0.717, 1.165) is 37.8 Å². The van der Waals surface area contributed by atoms with Crippen LogP contribution in [0.2, 0.25) is 0 Å². The van der Waals surface area contributed by atoms with E-state index in [1.807, 2.05) is 13.0 Å². The minimum atomic E-state index is -0.418. The van der Waals surface area contributed by atoms with Crippen LogP contribution in [0.3, 0.4) is 0 Å². The predicted octanol–water partition coefficient (Wildman–Crippen LogP) is 1.66. The van der Waals surface area contributed by atoms with Crippen LogP contribution in [-0.4, -0.2) is 27.6 Å². The summed E-state index contributed by atoms with van der Waals surface area (Å²) >= 11 is 0. The summed E-state index contributed by atoms with van der Waals surface area (Å²) in [5.41, 5.74) is 0.808. The van der Waals surface area contributed by atoms with Crippen molar-refractivity contribution >= 4 is 17.6 Å². The fourth-order valence-corrected chi connectivity index (χ4v) is 3.13. The van der Waals surface area contributed by atoms with E-state index >= 15 is 0 Å². The molecule has 2 fully saturated rings. The first-order valence-corrected chi connectivity index (χ1v) is 8.49. The number of aromatic nitrogens is 2. The molecule has 3 rings (SSSR count).